The van der Waals surface area contributed by atoms with Gasteiger partial charge in [-0.2, -0.15) is 0 Å². The first-order chi connectivity index (χ1) is 9.40. The fraction of sp³-hybridized carbons (Fsp3) is 0.308. The molecular weight excluding hydrogens is 339 g/mol. The largest absolute Gasteiger partial charge is 0.351 e. The highest BCUT2D eigenvalue weighted by Gasteiger charge is 2.19. The van der Waals surface area contributed by atoms with E-state index in [-0.39, 0.29) is 11.9 Å². The molecule has 0 aliphatic heterocycles. The van der Waals surface area contributed by atoms with E-state index < -0.39 is 0 Å². The highest BCUT2D eigenvalue weighted by molar-refractivity contribution is 7.21. The predicted octanol–water partition coefficient (Wildman–Crippen LogP) is 4.33. The zero-order valence-electron chi connectivity index (χ0n) is 10.7. The van der Waals surface area contributed by atoms with Crippen LogP contribution < -0.4 is 11.1 Å². The molecule has 0 aliphatic rings. The molecule has 0 aliphatic carbocycles. The quantitative estimate of drug-likeness (QED) is 0.861. The Hall–Kier alpha value is -0.520. The predicted molar refractivity (Wildman–Crippen MR) is 87.5 cm³/mol. The highest BCUT2D eigenvalue weighted by atomic mass is 35.5. The lowest BCUT2D eigenvalue weighted by atomic mass is 10.2. The molecule has 0 saturated heterocycles. The van der Waals surface area contributed by atoms with Crippen molar-refractivity contribution in [3.63, 3.8) is 0 Å². The molecule has 1 atom stereocenters. The maximum absolute atomic E-state index is 12.1. The van der Waals surface area contributed by atoms with Gasteiger partial charge in [-0.3, -0.25) is 4.79 Å². The van der Waals surface area contributed by atoms with E-state index in [1.165, 1.54) is 11.3 Å². The number of rotatable bonds is 4. The van der Waals surface area contributed by atoms with Crippen LogP contribution in [0.15, 0.2) is 12.1 Å². The molecule has 1 heterocycles. The Morgan fingerprint density at radius 1 is 1.40 bits per heavy atom. The lowest BCUT2D eigenvalue weighted by molar-refractivity contribution is 0.0957. The molecule has 3 N–H and O–H groups in total. The Kier molecular flexibility index (Phi) is 5.15. The Morgan fingerprint density at radius 3 is 2.75 bits per heavy atom. The monoisotopic (exact) mass is 350 g/mol. The van der Waals surface area contributed by atoms with Crippen LogP contribution in [0.1, 0.15) is 23.0 Å². The summed E-state index contributed by atoms with van der Waals surface area (Å²) in [5.74, 6) is -0.218. The van der Waals surface area contributed by atoms with Crippen molar-refractivity contribution in [2.75, 3.05) is 6.54 Å². The number of nitrogens with two attached hydrogens (primary N) is 1. The summed E-state index contributed by atoms with van der Waals surface area (Å²) >= 11 is 19.6. The number of fused-ring (bicyclic) bond motifs is 1. The zero-order valence-corrected chi connectivity index (χ0v) is 13.8. The van der Waals surface area contributed by atoms with Gasteiger partial charge in [-0.25, -0.2) is 0 Å². The van der Waals surface area contributed by atoms with Crippen LogP contribution in [0.2, 0.25) is 15.1 Å². The molecule has 1 amide bonds. The van der Waals surface area contributed by atoms with Gasteiger partial charge in [-0.1, -0.05) is 34.8 Å². The standard InChI is InChI=1S/C13H13Cl3N2OS/c1-6(17)2-3-18-13(19)12-11(16)10-8(15)4-7(14)5-9(10)20-12/h4-6H,2-3,17H2,1H3,(H,18,19). The fourth-order valence-corrected chi connectivity index (χ4v) is 4.05. The van der Waals surface area contributed by atoms with Gasteiger partial charge in [0.2, 0.25) is 0 Å². The van der Waals surface area contributed by atoms with Gasteiger partial charge in [-0.15, -0.1) is 11.3 Å². The van der Waals surface area contributed by atoms with Crippen LogP contribution in [0, 0.1) is 0 Å². The number of carbonyl (C=O) groups excluding carboxylic acids is 1. The van der Waals surface area contributed by atoms with E-state index in [4.69, 9.17) is 40.5 Å². The van der Waals surface area contributed by atoms with Crippen LogP contribution in [-0.2, 0) is 0 Å². The second-order valence-corrected chi connectivity index (χ2v) is 6.80. The maximum atomic E-state index is 12.1. The fourth-order valence-electron chi connectivity index (χ4n) is 1.75. The van der Waals surface area contributed by atoms with Gasteiger partial charge in [-0.05, 0) is 25.5 Å². The van der Waals surface area contributed by atoms with Gasteiger partial charge in [0.05, 0.1) is 10.0 Å². The van der Waals surface area contributed by atoms with E-state index >= 15 is 0 Å². The maximum Gasteiger partial charge on any atom is 0.262 e. The number of hydrogen-bond acceptors (Lipinski definition) is 3. The van der Waals surface area contributed by atoms with Gasteiger partial charge in [0.25, 0.3) is 5.91 Å². The summed E-state index contributed by atoms with van der Waals surface area (Å²) in [6.45, 7) is 2.40. The van der Waals surface area contributed by atoms with Crippen molar-refractivity contribution in [1.82, 2.24) is 5.32 Å². The number of carbonyl (C=O) groups is 1. The summed E-state index contributed by atoms with van der Waals surface area (Å²) in [4.78, 5) is 12.6. The molecular formula is C13H13Cl3N2OS. The zero-order chi connectivity index (χ0) is 14.9. The van der Waals surface area contributed by atoms with Gasteiger partial charge in [0.1, 0.15) is 4.88 Å². The van der Waals surface area contributed by atoms with E-state index in [1.807, 2.05) is 6.92 Å². The Labute approximate surface area is 136 Å². The van der Waals surface area contributed by atoms with E-state index in [0.29, 0.717) is 38.3 Å². The topological polar surface area (TPSA) is 55.1 Å². The molecule has 108 valence electrons. The van der Waals surface area contributed by atoms with Crippen molar-refractivity contribution in [2.24, 2.45) is 5.73 Å². The lowest BCUT2D eigenvalue weighted by Crippen LogP contribution is -2.28. The first-order valence-electron chi connectivity index (χ1n) is 6.01. The normalized spacial score (nSPS) is 12.7. The first kappa shape index (κ1) is 15.9. The molecule has 1 aromatic carbocycles. The van der Waals surface area contributed by atoms with E-state index in [2.05, 4.69) is 5.32 Å². The van der Waals surface area contributed by atoms with Crippen LogP contribution in [0.4, 0.5) is 0 Å². The number of hydrogen-bond donors (Lipinski definition) is 2. The molecule has 0 saturated carbocycles. The number of amides is 1. The number of thiophene rings is 1. The average Bonchev–Trinajstić information content (AvgIpc) is 2.65. The van der Waals surface area contributed by atoms with Crippen LogP contribution in [-0.4, -0.2) is 18.5 Å². The first-order valence-corrected chi connectivity index (χ1v) is 7.96. The third-order valence-corrected chi connectivity index (χ3v) is 4.88. The summed E-state index contributed by atoms with van der Waals surface area (Å²) in [5.41, 5.74) is 5.64. The Morgan fingerprint density at radius 2 is 2.10 bits per heavy atom. The molecule has 3 nitrogen and oxygen atoms in total. The van der Waals surface area contributed by atoms with Crippen LogP contribution in [0.3, 0.4) is 0 Å². The molecule has 0 bridgehead atoms. The second-order valence-electron chi connectivity index (χ2n) is 4.53. The van der Waals surface area contributed by atoms with Crippen molar-refractivity contribution >= 4 is 62.1 Å². The van der Waals surface area contributed by atoms with Crippen molar-refractivity contribution in [1.29, 1.82) is 0 Å². The van der Waals surface area contributed by atoms with Crippen molar-refractivity contribution in [3.05, 3.63) is 32.1 Å². The summed E-state index contributed by atoms with van der Waals surface area (Å²) in [5, 5.41) is 4.80. The second kappa shape index (κ2) is 6.50. The summed E-state index contributed by atoms with van der Waals surface area (Å²) < 4.78 is 0.796. The van der Waals surface area contributed by atoms with Crippen molar-refractivity contribution in [2.45, 2.75) is 19.4 Å². The number of halogens is 3. The smallest absolute Gasteiger partial charge is 0.262 e. The Balaban J connectivity index is 2.29. The molecule has 7 heteroatoms. The molecule has 1 aromatic heterocycles. The van der Waals surface area contributed by atoms with Gasteiger partial charge < -0.3 is 11.1 Å². The Bertz CT molecular complexity index is 655. The van der Waals surface area contributed by atoms with Gasteiger partial charge in [0.15, 0.2) is 0 Å². The molecule has 2 rings (SSSR count). The average molecular weight is 352 g/mol. The van der Waals surface area contributed by atoms with Gasteiger partial charge in [0, 0.05) is 27.7 Å². The SMILES string of the molecule is CC(N)CCNC(=O)c1sc2cc(Cl)cc(Cl)c2c1Cl. The van der Waals surface area contributed by atoms with E-state index in [0.717, 1.165) is 4.70 Å². The van der Waals surface area contributed by atoms with Crippen molar-refractivity contribution < 1.29 is 4.79 Å². The third kappa shape index (κ3) is 3.38. The molecule has 2 aromatic rings. The summed E-state index contributed by atoms with van der Waals surface area (Å²) in [7, 11) is 0. The van der Waals surface area contributed by atoms with E-state index in [1.54, 1.807) is 12.1 Å². The van der Waals surface area contributed by atoms with Crippen LogP contribution >= 0.6 is 46.1 Å². The minimum Gasteiger partial charge on any atom is -0.351 e. The lowest BCUT2D eigenvalue weighted by Gasteiger charge is -2.06. The van der Waals surface area contributed by atoms with Crippen LogP contribution in [0.25, 0.3) is 10.1 Å². The minimum absolute atomic E-state index is 0.0430. The number of nitrogens with one attached hydrogen (secondary N) is 1. The van der Waals surface area contributed by atoms with Gasteiger partial charge >= 0.3 is 0 Å². The van der Waals surface area contributed by atoms with Crippen LogP contribution in [0.5, 0.6) is 0 Å². The summed E-state index contributed by atoms with van der Waals surface area (Å²) in [6.07, 6.45) is 0.709. The molecule has 0 radical (unpaired) electrons. The van der Waals surface area contributed by atoms with Crippen molar-refractivity contribution in [3.8, 4) is 0 Å². The minimum atomic E-state index is -0.218. The number of benzene rings is 1. The molecule has 0 fully saturated rings. The third-order valence-electron chi connectivity index (χ3n) is 2.74. The molecule has 0 spiro atoms. The molecule has 20 heavy (non-hydrogen) atoms. The highest BCUT2D eigenvalue weighted by Crippen LogP contribution is 2.41. The van der Waals surface area contributed by atoms with E-state index in [9.17, 15) is 4.79 Å². The summed E-state index contributed by atoms with van der Waals surface area (Å²) in [6, 6.07) is 3.40. The molecule has 1 unspecified atom stereocenters.